The molecule has 1 aliphatic rings. The molecule has 0 N–H and O–H groups in total. The Bertz CT molecular complexity index is 2860. The number of sulfonamides is 5. The van der Waals surface area contributed by atoms with Gasteiger partial charge in [0.1, 0.15) is 0 Å². The van der Waals surface area contributed by atoms with E-state index in [1.807, 2.05) is 0 Å². The molecular formula is C46H57N5O10S5. The van der Waals surface area contributed by atoms with Gasteiger partial charge in [-0.3, -0.25) is 0 Å². The van der Waals surface area contributed by atoms with Crippen LogP contribution in [-0.4, -0.2) is 129 Å². The Kier molecular flexibility index (Phi) is 16.2. The topological polar surface area (TPSA) is 187 Å². The van der Waals surface area contributed by atoms with E-state index in [1.54, 1.807) is 95.3 Å². The first-order valence-corrected chi connectivity index (χ1v) is 28.6. The van der Waals surface area contributed by atoms with Gasteiger partial charge >= 0.3 is 0 Å². The van der Waals surface area contributed by atoms with Crippen LogP contribution in [0.5, 0.6) is 0 Å². The van der Waals surface area contributed by atoms with Crippen LogP contribution in [0, 0.1) is 34.6 Å². The first-order valence-electron chi connectivity index (χ1n) is 21.4. The third kappa shape index (κ3) is 11.8. The summed E-state index contributed by atoms with van der Waals surface area (Å²) in [7, 11) is -21.9. The number of benzene rings is 5. The van der Waals surface area contributed by atoms with Gasteiger partial charge in [0.15, 0.2) is 0 Å². The largest absolute Gasteiger partial charge is 0.243 e. The average molecular weight is 1000 g/mol. The number of aryl methyl sites for hydroxylation is 5. The molecule has 1 heterocycles. The fourth-order valence-corrected chi connectivity index (χ4v) is 14.6. The van der Waals surface area contributed by atoms with Crippen molar-refractivity contribution in [3.8, 4) is 0 Å². The second-order valence-electron chi connectivity index (χ2n) is 16.4. The zero-order valence-corrected chi connectivity index (χ0v) is 41.8. The molecule has 0 amide bonds. The van der Waals surface area contributed by atoms with Crippen molar-refractivity contribution in [2.24, 2.45) is 0 Å². The van der Waals surface area contributed by atoms with Gasteiger partial charge in [0, 0.05) is 65.4 Å². The van der Waals surface area contributed by atoms with Crippen LogP contribution < -0.4 is 0 Å². The van der Waals surface area contributed by atoms with Crippen molar-refractivity contribution in [3.05, 3.63) is 149 Å². The Balaban J connectivity index is 1.50. The van der Waals surface area contributed by atoms with E-state index in [0.29, 0.717) is 0 Å². The second kappa shape index (κ2) is 20.9. The van der Waals surface area contributed by atoms with Crippen molar-refractivity contribution in [2.75, 3.05) is 65.4 Å². The maximum Gasteiger partial charge on any atom is 0.243 e. The molecule has 20 heteroatoms. The molecule has 66 heavy (non-hydrogen) atoms. The molecule has 0 saturated carbocycles. The van der Waals surface area contributed by atoms with Crippen molar-refractivity contribution in [3.63, 3.8) is 0 Å². The van der Waals surface area contributed by atoms with E-state index in [-0.39, 0.29) is 57.1 Å². The van der Waals surface area contributed by atoms with Crippen LogP contribution in [0.25, 0.3) is 0 Å². The SMILES string of the molecule is Cc1ccc(S(=O)(=O)N2CCCN(S(=O)(=O)c3ccc(C)cc3)CCN(S(=O)(=O)c3ccc(C)cc3)CCN(S(=O)(=O)c3ccc(C)cc3)CCN(S(=O)(=O)c3ccc(C)cc3)CC2)cc1. The fraction of sp³-hybridized carbons (Fsp3) is 0.348. The lowest BCUT2D eigenvalue weighted by molar-refractivity contribution is 0.280. The zero-order chi connectivity index (χ0) is 48.1. The number of nitrogens with zero attached hydrogens (tertiary/aromatic N) is 5. The molecule has 1 aliphatic heterocycles. The van der Waals surface area contributed by atoms with E-state index in [1.165, 1.54) is 60.7 Å². The highest BCUT2D eigenvalue weighted by atomic mass is 32.2. The fourth-order valence-electron chi connectivity index (χ4n) is 7.37. The highest BCUT2D eigenvalue weighted by molar-refractivity contribution is 7.90. The molecule has 6 rings (SSSR count). The lowest BCUT2D eigenvalue weighted by Crippen LogP contribution is -2.48. The molecule has 5 aromatic rings. The summed E-state index contributed by atoms with van der Waals surface area (Å²) in [6.45, 7) is 5.08. The van der Waals surface area contributed by atoms with Crippen LogP contribution in [0.1, 0.15) is 34.2 Å². The van der Waals surface area contributed by atoms with Gasteiger partial charge in [-0.1, -0.05) is 88.5 Å². The summed E-state index contributed by atoms with van der Waals surface area (Å²) in [4.78, 5) is -0.445. The molecule has 0 bridgehead atoms. The smallest absolute Gasteiger partial charge is 0.207 e. The summed E-state index contributed by atoms with van der Waals surface area (Å²) in [6.07, 6.45) is -0.0613. The number of rotatable bonds is 10. The summed E-state index contributed by atoms with van der Waals surface area (Å²) < 4.78 is 151. The summed E-state index contributed by atoms with van der Waals surface area (Å²) in [5.41, 5.74) is 3.96. The first-order chi connectivity index (χ1) is 31.0. The summed E-state index contributed by atoms with van der Waals surface area (Å²) in [5.74, 6) is 0. The Morgan fingerprint density at radius 2 is 0.379 bits per heavy atom. The summed E-state index contributed by atoms with van der Waals surface area (Å²) in [5, 5.41) is 0. The number of hydrogen-bond donors (Lipinski definition) is 0. The van der Waals surface area contributed by atoms with Crippen molar-refractivity contribution in [2.45, 2.75) is 65.5 Å². The molecule has 0 atom stereocenters. The van der Waals surface area contributed by atoms with E-state index in [0.717, 1.165) is 49.3 Å². The van der Waals surface area contributed by atoms with Gasteiger partial charge in [-0.05, 0) is 102 Å². The second-order valence-corrected chi connectivity index (χ2v) is 26.1. The van der Waals surface area contributed by atoms with E-state index >= 15 is 0 Å². The monoisotopic (exact) mass is 999 g/mol. The van der Waals surface area contributed by atoms with Gasteiger partial charge in [-0.2, -0.15) is 21.5 Å². The molecule has 1 fully saturated rings. The van der Waals surface area contributed by atoms with Crippen molar-refractivity contribution < 1.29 is 42.1 Å². The molecule has 0 aliphatic carbocycles. The van der Waals surface area contributed by atoms with Gasteiger partial charge in [-0.25, -0.2) is 42.1 Å². The van der Waals surface area contributed by atoms with Crippen LogP contribution in [-0.2, 0) is 50.1 Å². The highest BCUT2D eigenvalue weighted by Gasteiger charge is 2.35. The highest BCUT2D eigenvalue weighted by Crippen LogP contribution is 2.25. The van der Waals surface area contributed by atoms with Crippen LogP contribution >= 0.6 is 0 Å². The molecule has 1 saturated heterocycles. The Hall–Kier alpha value is -4.35. The molecule has 15 nitrogen and oxygen atoms in total. The molecule has 5 aromatic carbocycles. The molecule has 0 radical (unpaired) electrons. The Morgan fingerprint density at radius 3 is 0.530 bits per heavy atom. The van der Waals surface area contributed by atoms with Crippen molar-refractivity contribution in [1.29, 1.82) is 0 Å². The van der Waals surface area contributed by atoms with Crippen LogP contribution in [0.4, 0.5) is 0 Å². The predicted octanol–water partition coefficient (Wildman–Crippen LogP) is 5.39. The van der Waals surface area contributed by atoms with Gasteiger partial charge in [0.25, 0.3) is 0 Å². The minimum atomic E-state index is -4.44. The Labute approximate surface area is 391 Å². The van der Waals surface area contributed by atoms with Crippen LogP contribution in [0.2, 0.25) is 0 Å². The third-order valence-corrected chi connectivity index (χ3v) is 21.1. The van der Waals surface area contributed by atoms with Crippen LogP contribution in [0.3, 0.4) is 0 Å². The molecule has 0 spiro atoms. The van der Waals surface area contributed by atoms with E-state index in [9.17, 15) is 42.1 Å². The normalized spacial score (nSPS) is 17.4. The number of hydrogen-bond acceptors (Lipinski definition) is 10. The molecular weight excluding hydrogens is 943 g/mol. The van der Waals surface area contributed by atoms with Crippen LogP contribution in [0.15, 0.2) is 146 Å². The maximum absolute atomic E-state index is 14.6. The Morgan fingerprint density at radius 1 is 0.242 bits per heavy atom. The van der Waals surface area contributed by atoms with Gasteiger partial charge in [0.2, 0.25) is 50.1 Å². The predicted molar refractivity (Wildman–Crippen MR) is 254 cm³/mol. The summed E-state index contributed by atoms with van der Waals surface area (Å²) in [6, 6.07) is 30.5. The van der Waals surface area contributed by atoms with Crippen molar-refractivity contribution in [1.82, 2.24) is 21.5 Å². The van der Waals surface area contributed by atoms with Gasteiger partial charge < -0.3 is 0 Å². The van der Waals surface area contributed by atoms with Gasteiger partial charge in [0.05, 0.1) is 24.5 Å². The average Bonchev–Trinajstić information content (AvgIpc) is 3.26. The zero-order valence-electron chi connectivity index (χ0n) is 37.7. The lowest BCUT2D eigenvalue weighted by atomic mass is 10.2. The standard InChI is InChI=1S/C46H57N5O10S5/c1-37-7-17-42(18-8-37)62(52,53)47-27-6-28-48(63(54,55)43-19-9-38(2)10-20-43)30-32-50(65(58,59)45-23-13-40(4)14-24-45)34-36-51(66(60,61)46-25-15-41(5)16-26-46)35-33-49(31-29-47)64(56,57)44-21-11-39(3)12-22-44/h7-26H,6,27-36H2,1-5H3. The minimum absolute atomic E-state index is 0.0613. The first kappa shape index (κ1) is 51.0. The van der Waals surface area contributed by atoms with E-state index in [4.69, 9.17) is 0 Å². The minimum Gasteiger partial charge on any atom is -0.207 e. The molecule has 0 unspecified atom stereocenters. The van der Waals surface area contributed by atoms with E-state index in [2.05, 4.69) is 0 Å². The third-order valence-electron chi connectivity index (χ3n) is 11.5. The van der Waals surface area contributed by atoms with Gasteiger partial charge in [-0.15, -0.1) is 0 Å². The molecule has 0 aromatic heterocycles. The lowest BCUT2D eigenvalue weighted by Gasteiger charge is -2.32. The van der Waals surface area contributed by atoms with Crippen molar-refractivity contribution >= 4 is 50.1 Å². The van der Waals surface area contributed by atoms with E-state index < -0.39 is 89.4 Å². The summed E-state index contributed by atoms with van der Waals surface area (Å²) >= 11 is 0. The maximum atomic E-state index is 14.6. The quantitative estimate of drug-likeness (QED) is 0.176. The molecule has 356 valence electrons.